The second-order valence-electron chi connectivity index (χ2n) is 5.89. The Balaban J connectivity index is 1.42. The molecule has 25 heavy (non-hydrogen) atoms. The van der Waals surface area contributed by atoms with Gasteiger partial charge in [0.1, 0.15) is 0 Å². The summed E-state index contributed by atoms with van der Waals surface area (Å²) >= 11 is 11.4. The van der Waals surface area contributed by atoms with Crippen LogP contribution in [0.1, 0.15) is 5.56 Å². The second kappa shape index (κ2) is 9.15. The number of halogens is 1. The molecule has 1 aliphatic rings. The van der Waals surface area contributed by atoms with Gasteiger partial charge < -0.3 is 15.4 Å². The quantitative estimate of drug-likeness (QED) is 0.750. The Morgan fingerprint density at radius 3 is 2.96 bits per heavy atom. The Bertz CT molecular complexity index is 702. The maximum atomic E-state index is 6.01. The minimum absolute atomic E-state index is 0.607. The molecular weight excluding hydrogens is 358 g/mol. The third-order valence-corrected chi connectivity index (χ3v) is 4.42. The van der Waals surface area contributed by atoms with E-state index < -0.39 is 0 Å². The normalized spacial score (nSPS) is 15.1. The van der Waals surface area contributed by atoms with Gasteiger partial charge in [-0.25, -0.2) is 0 Å². The van der Waals surface area contributed by atoms with Crippen LogP contribution in [0.25, 0.3) is 0 Å². The highest BCUT2D eigenvalue weighted by molar-refractivity contribution is 7.80. The molecule has 0 aliphatic carbocycles. The smallest absolute Gasteiger partial charge is 0.170 e. The van der Waals surface area contributed by atoms with Gasteiger partial charge in [-0.3, -0.25) is 9.58 Å². The zero-order valence-corrected chi connectivity index (χ0v) is 15.5. The Labute approximate surface area is 158 Å². The van der Waals surface area contributed by atoms with Gasteiger partial charge in [0.25, 0.3) is 0 Å². The number of morpholine rings is 1. The van der Waals surface area contributed by atoms with Crippen molar-refractivity contribution >= 4 is 34.6 Å². The van der Waals surface area contributed by atoms with E-state index in [1.54, 1.807) is 6.20 Å². The molecule has 134 valence electrons. The van der Waals surface area contributed by atoms with E-state index in [4.69, 9.17) is 28.6 Å². The molecule has 1 fully saturated rings. The van der Waals surface area contributed by atoms with E-state index in [0.29, 0.717) is 11.7 Å². The first kappa shape index (κ1) is 18.1. The molecule has 0 radical (unpaired) electrons. The predicted octanol–water partition coefficient (Wildman–Crippen LogP) is 2.20. The minimum atomic E-state index is 0.607. The van der Waals surface area contributed by atoms with Crippen LogP contribution in [-0.4, -0.2) is 59.2 Å². The zero-order chi connectivity index (χ0) is 17.5. The summed E-state index contributed by atoms with van der Waals surface area (Å²) in [5.41, 5.74) is 1.97. The van der Waals surface area contributed by atoms with Gasteiger partial charge in [0.15, 0.2) is 5.11 Å². The van der Waals surface area contributed by atoms with Gasteiger partial charge in [-0.15, -0.1) is 0 Å². The van der Waals surface area contributed by atoms with E-state index in [2.05, 4.69) is 20.6 Å². The summed E-state index contributed by atoms with van der Waals surface area (Å²) in [5.74, 6) is 0. The Hall–Kier alpha value is -1.67. The standard InChI is InChI=1S/C17H22ClN5OS/c18-15-3-1-2-14(10-15)12-23-13-16(11-20-23)21-17(25)19-4-5-22-6-8-24-9-7-22/h1-3,10-11,13H,4-9,12H2,(H2,19,21,25). The van der Waals surface area contributed by atoms with Gasteiger partial charge in [-0.1, -0.05) is 23.7 Å². The number of nitrogens with zero attached hydrogens (tertiary/aromatic N) is 3. The third kappa shape index (κ3) is 5.97. The fourth-order valence-electron chi connectivity index (χ4n) is 2.66. The summed E-state index contributed by atoms with van der Waals surface area (Å²) in [6.07, 6.45) is 3.69. The lowest BCUT2D eigenvalue weighted by Gasteiger charge is -2.26. The van der Waals surface area contributed by atoms with Crippen molar-refractivity contribution in [3.05, 3.63) is 47.2 Å². The van der Waals surface area contributed by atoms with Crippen LogP contribution >= 0.6 is 23.8 Å². The first-order valence-electron chi connectivity index (χ1n) is 8.31. The predicted molar refractivity (Wildman–Crippen MR) is 104 cm³/mol. The number of ether oxygens (including phenoxy) is 1. The van der Waals surface area contributed by atoms with Crippen molar-refractivity contribution in [2.75, 3.05) is 44.7 Å². The van der Waals surface area contributed by atoms with E-state index in [-0.39, 0.29) is 0 Å². The average molecular weight is 380 g/mol. The summed E-state index contributed by atoms with van der Waals surface area (Å²) in [5, 5.41) is 12.1. The number of aromatic nitrogens is 2. The molecule has 6 nitrogen and oxygen atoms in total. The number of anilines is 1. The number of thiocarbonyl (C=S) groups is 1. The molecule has 0 amide bonds. The van der Waals surface area contributed by atoms with Gasteiger partial charge >= 0.3 is 0 Å². The van der Waals surface area contributed by atoms with Gasteiger partial charge in [-0.05, 0) is 29.9 Å². The van der Waals surface area contributed by atoms with Gasteiger partial charge in [-0.2, -0.15) is 5.10 Å². The lowest BCUT2D eigenvalue weighted by Crippen LogP contribution is -2.42. The van der Waals surface area contributed by atoms with Gasteiger partial charge in [0, 0.05) is 37.4 Å². The molecule has 2 N–H and O–H groups in total. The zero-order valence-electron chi connectivity index (χ0n) is 13.9. The summed E-state index contributed by atoms with van der Waals surface area (Å²) in [6.45, 7) is 6.03. The molecule has 0 saturated carbocycles. The molecule has 0 bridgehead atoms. The second-order valence-corrected chi connectivity index (χ2v) is 6.74. The molecule has 1 aliphatic heterocycles. The molecular formula is C17H22ClN5OS. The van der Waals surface area contributed by atoms with Crippen molar-refractivity contribution < 1.29 is 4.74 Å². The molecule has 0 unspecified atom stereocenters. The lowest BCUT2D eigenvalue weighted by molar-refractivity contribution is 0.0389. The highest BCUT2D eigenvalue weighted by Crippen LogP contribution is 2.13. The number of benzene rings is 1. The summed E-state index contributed by atoms with van der Waals surface area (Å²) in [4.78, 5) is 2.36. The maximum Gasteiger partial charge on any atom is 0.170 e. The molecule has 1 aromatic heterocycles. The van der Waals surface area contributed by atoms with Crippen molar-refractivity contribution in [3.8, 4) is 0 Å². The number of hydrogen-bond donors (Lipinski definition) is 2. The molecule has 3 rings (SSSR count). The van der Waals surface area contributed by atoms with Crippen LogP contribution < -0.4 is 10.6 Å². The first-order valence-corrected chi connectivity index (χ1v) is 9.09. The number of rotatable bonds is 6. The van der Waals surface area contributed by atoms with Crippen LogP contribution in [-0.2, 0) is 11.3 Å². The molecule has 1 aromatic carbocycles. The van der Waals surface area contributed by atoms with Crippen LogP contribution in [0.15, 0.2) is 36.7 Å². The van der Waals surface area contributed by atoms with Crippen LogP contribution in [0.5, 0.6) is 0 Å². The SMILES string of the molecule is S=C(NCCN1CCOCC1)Nc1cnn(Cc2cccc(Cl)c2)c1. The first-order chi connectivity index (χ1) is 12.2. The van der Waals surface area contributed by atoms with Crippen LogP contribution in [0, 0.1) is 0 Å². The third-order valence-electron chi connectivity index (χ3n) is 3.94. The van der Waals surface area contributed by atoms with Gasteiger partial charge in [0.2, 0.25) is 0 Å². The van der Waals surface area contributed by atoms with Crippen LogP contribution in [0.4, 0.5) is 5.69 Å². The van der Waals surface area contributed by atoms with Crippen molar-refractivity contribution in [1.82, 2.24) is 20.0 Å². The summed E-state index contributed by atoms with van der Waals surface area (Å²) < 4.78 is 7.19. The Kier molecular flexibility index (Phi) is 6.63. The molecule has 0 spiro atoms. The van der Waals surface area contributed by atoms with E-state index in [0.717, 1.165) is 55.7 Å². The van der Waals surface area contributed by atoms with E-state index in [1.807, 2.05) is 35.1 Å². The summed E-state index contributed by atoms with van der Waals surface area (Å²) in [7, 11) is 0. The van der Waals surface area contributed by atoms with Crippen molar-refractivity contribution in [2.24, 2.45) is 0 Å². The van der Waals surface area contributed by atoms with Gasteiger partial charge in [0.05, 0.1) is 31.6 Å². The van der Waals surface area contributed by atoms with Crippen molar-refractivity contribution in [2.45, 2.75) is 6.54 Å². The van der Waals surface area contributed by atoms with Crippen LogP contribution in [0.2, 0.25) is 5.02 Å². The Morgan fingerprint density at radius 2 is 2.16 bits per heavy atom. The monoisotopic (exact) mass is 379 g/mol. The molecule has 2 aromatic rings. The largest absolute Gasteiger partial charge is 0.379 e. The van der Waals surface area contributed by atoms with Crippen LogP contribution in [0.3, 0.4) is 0 Å². The van der Waals surface area contributed by atoms with E-state index in [9.17, 15) is 0 Å². The molecule has 0 atom stereocenters. The number of nitrogens with one attached hydrogen (secondary N) is 2. The van der Waals surface area contributed by atoms with Crippen molar-refractivity contribution in [1.29, 1.82) is 0 Å². The number of hydrogen-bond acceptors (Lipinski definition) is 4. The molecule has 8 heteroatoms. The highest BCUT2D eigenvalue weighted by Gasteiger charge is 2.09. The average Bonchev–Trinajstić information content (AvgIpc) is 3.02. The minimum Gasteiger partial charge on any atom is -0.379 e. The van der Waals surface area contributed by atoms with Crippen molar-refractivity contribution in [3.63, 3.8) is 0 Å². The molecule has 2 heterocycles. The molecule has 1 saturated heterocycles. The lowest BCUT2D eigenvalue weighted by atomic mass is 10.2. The highest BCUT2D eigenvalue weighted by atomic mass is 35.5. The fraction of sp³-hybridized carbons (Fsp3) is 0.412. The van der Waals surface area contributed by atoms with E-state index in [1.165, 1.54) is 0 Å². The topological polar surface area (TPSA) is 54.4 Å². The Morgan fingerprint density at radius 1 is 1.32 bits per heavy atom. The fourth-order valence-corrected chi connectivity index (χ4v) is 3.10. The maximum absolute atomic E-state index is 6.01. The van der Waals surface area contributed by atoms with E-state index >= 15 is 0 Å². The summed E-state index contributed by atoms with van der Waals surface area (Å²) in [6, 6.07) is 7.77.